The van der Waals surface area contributed by atoms with Crippen molar-refractivity contribution in [2.75, 3.05) is 0 Å². The summed E-state index contributed by atoms with van der Waals surface area (Å²) in [5.41, 5.74) is 3.93. The Morgan fingerprint density at radius 2 is 1.65 bits per heavy atom. The van der Waals surface area contributed by atoms with Gasteiger partial charge in [-0.3, -0.25) is 4.79 Å². The summed E-state index contributed by atoms with van der Waals surface area (Å²) in [4.78, 5) is 11.9. The van der Waals surface area contributed by atoms with E-state index in [4.69, 9.17) is 23.2 Å². The third-order valence-electron chi connectivity index (χ3n) is 4.00. The van der Waals surface area contributed by atoms with Crippen molar-refractivity contribution in [3.8, 4) is 0 Å². The second kappa shape index (κ2) is 6.34. The second-order valence-electron chi connectivity index (χ2n) is 5.67. The number of rotatable bonds is 5. The Balaban J connectivity index is 1.66. The normalized spacial score (nSPS) is 22.0. The van der Waals surface area contributed by atoms with E-state index in [0.717, 1.165) is 11.1 Å². The van der Waals surface area contributed by atoms with Crippen molar-refractivity contribution in [1.29, 1.82) is 0 Å². The number of amides is 1. The molecule has 1 amide bonds. The molecule has 1 saturated carbocycles. The van der Waals surface area contributed by atoms with E-state index in [9.17, 15) is 4.79 Å². The first kappa shape index (κ1) is 16.0. The number of halogens is 2. The third-order valence-corrected chi connectivity index (χ3v) is 4.94. The summed E-state index contributed by atoms with van der Waals surface area (Å²) in [6.07, 6.45) is 2.50. The van der Waals surface area contributed by atoms with Crippen LogP contribution < -0.4 is 5.43 Å². The van der Waals surface area contributed by atoms with E-state index in [2.05, 4.69) is 10.5 Å². The van der Waals surface area contributed by atoms with E-state index in [1.807, 2.05) is 60.7 Å². The first-order valence-corrected chi connectivity index (χ1v) is 8.09. The molecular weight excluding hydrogens is 331 g/mol. The average molecular weight is 347 g/mol. The summed E-state index contributed by atoms with van der Waals surface area (Å²) in [7, 11) is 0. The van der Waals surface area contributed by atoms with Crippen LogP contribution in [-0.2, 0) is 16.6 Å². The molecule has 1 fully saturated rings. The number of hydrazone groups is 1. The number of benzene rings is 2. The zero-order valence-electron chi connectivity index (χ0n) is 12.4. The van der Waals surface area contributed by atoms with E-state index in [-0.39, 0.29) is 12.3 Å². The van der Waals surface area contributed by atoms with Crippen molar-refractivity contribution >= 4 is 35.3 Å². The highest BCUT2D eigenvalue weighted by atomic mass is 35.5. The van der Waals surface area contributed by atoms with Gasteiger partial charge in [0, 0.05) is 6.21 Å². The Labute approximate surface area is 145 Å². The van der Waals surface area contributed by atoms with E-state index in [0.29, 0.717) is 6.42 Å². The lowest BCUT2D eigenvalue weighted by Gasteiger charge is -2.13. The lowest BCUT2D eigenvalue weighted by Crippen LogP contribution is -2.23. The quantitative estimate of drug-likeness (QED) is 0.498. The van der Waals surface area contributed by atoms with Gasteiger partial charge in [-0.05, 0) is 17.5 Å². The van der Waals surface area contributed by atoms with Gasteiger partial charge in [0.2, 0.25) is 5.91 Å². The van der Waals surface area contributed by atoms with Gasteiger partial charge in [0.25, 0.3) is 0 Å². The minimum Gasteiger partial charge on any atom is -0.273 e. The zero-order chi connectivity index (χ0) is 16.3. The molecule has 1 N–H and O–H groups in total. The fourth-order valence-electron chi connectivity index (χ4n) is 2.60. The van der Waals surface area contributed by atoms with Crippen LogP contribution in [0.3, 0.4) is 0 Å². The van der Waals surface area contributed by atoms with Crippen molar-refractivity contribution in [3.63, 3.8) is 0 Å². The smallest absolute Gasteiger partial charge is 0.244 e. The predicted octanol–water partition coefficient (Wildman–Crippen LogP) is 3.85. The third kappa shape index (κ3) is 3.41. The number of nitrogens with one attached hydrogen (secondary N) is 1. The molecule has 0 spiro atoms. The van der Waals surface area contributed by atoms with Crippen LogP contribution in [0.1, 0.15) is 17.5 Å². The van der Waals surface area contributed by atoms with E-state index in [1.54, 1.807) is 6.21 Å². The Morgan fingerprint density at radius 3 is 2.22 bits per heavy atom. The predicted molar refractivity (Wildman–Crippen MR) is 94.0 cm³/mol. The molecule has 0 heterocycles. The van der Waals surface area contributed by atoms with Gasteiger partial charge in [-0.25, -0.2) is 5.43 Å². The van der Waals surface area contributed by atoms with Crippen molar-refractivity contribution in [3.05, 3.63) is 71.8 Å². The fourth-order valence-corrected chi connectivity index (χ4v) is 3.34. The summed E-state index contributed by atoms with van der Waals surface area (Å²) in [6, 6.07) is 19.2. The number of hydrogen-bond donors (Lipinski definition) is 1. The van der Waals surface area contributed by atoms with Crippen molar-refractivity contribution < 1.29 is 4.79 Å². The number of nitrogens with zero attached hydrogens (tertiary/aromatic N) is 1. The van der Waals surface area contributed by atoms with Gasteiger partial charge in [-0.15, -0.1) is 23.2 Å². The molecule has 0 unspecified atom stereocenters. The largest absolute Gasteiger partial charge is 0.273 e. The number of hydrogen-bond acceptors (Lipinski definition) is 2. The lowest BCUT2D eigenvalue weighted by molar-refractivity contribution is -0.120. The summed E-state index contributed by atoms with van der Waals surface area (Å²) >= 11 is 12.6. The minimum atomic E-state index is -0.887. The van der Waals surface area contributed by atoms with E-state index >= 15 is 0 Å². The van der Waals surface area contributed by atoms with Crippen LogP contribution in [0.15, 0.2) is 65.8 Å². The molecule has 2 aromatic carbocycles. The minimum absolute atomic E-state index is 0.175. The highest BCUT2D eigenvalue weighted by Gasteiger charge is 2.66. The van der Waals surface area contributed by atoms with Crippen LogP contribution in [0.5, 0.6) is 0 Å². The topological polar surface area (TPSA) is 41.5 Å². The van der Waals surface area contributed by atoms with Crippen LogP contribution in [0.25, 0.3) is 0 Å². The SMILES string of the molecule is O=C(Cc1ccccc1)N/N=C\[C@]1(c2ccccc2)CC1(Cl)Cl. The highest BCUT2D eigenvalue weighted by molar-refractivity contribution is 6.53. The second-order valence-corrected chi connectivity index (χ2v) is 7.16. The number of carbonyl (C=O) groups is 1. The fraction of sp³-hybridized carbons (Fsp3) is 0.222. The molecule has 0 aromatic heterocycles. The molecule has 1 aliphatic carbocycles. The van der Waals surface area contributed by atoms with Crippen molar-refractivity contribution in [2.24, 2.45) is 5.10 Å². The molecular formula is C18H16Cl2N2O. The van der Waals surface area contributed by atoms with Crippen LogP contribution in [-0.4, -0.2) is 16.5 Å². The maximum atomic E-state index is 11.9. The van der Waals surface area contributed by atoms with E-state index in [1.165, 1.54) is 0 Å². The molecule has 0 bridgehead atoms. The maximum absolute atomic E-state index is 11.9. The molecule has 0 aliphatic heterocycles. The molecule has 5 heteroatoms. The first-order valence-electron chi connectivity index (χ1n) is 7.34. The van der Waals surface area contributed by atoms with Crippen molar-refractivity contribution in [2.45, 2.75) is 22.6 Å². The molecule has 1 atom stereocenters. The average Bonchev–Trinajstić information content (AvgIpc) is 3.12. The Bertz CT molecular complexity index is 716. The molecule has 2 aromatic rings. The van der Waals surface area contributed by atoms with Gasteiger partial charge in [0.1, 0.15) is 4.33 Å². The molecule has 1 aliphatic rings. The standard InChI is InChI=1S/C18H16Cl2N2O/c19-18(20)12-17(18,15-9-5-2-6-10-15)13-21-22-16(23)11-14-7-3-1-4-8-14/h1-10,13H,11-12H2,(H,22,23)/b21-13-/t17-/m0/s1. The molecule has 23 heavy (non-hydrogen) atoms. The summed E-state index contributed by atoms with van der Waals surface area (Å²) in [5, 5.41) is 4.08. The van der Waals surface area contributed by atoms with Crippen LogP contribution in [0, 0.1) is 0 Å². The summed E-state index contributed by atoms with van der Waals surface area (Å²) < 4.78 is -0.887. The Hall–Kier alpha value is -1.84. The Kier molecular flexibility index (Phi) is 4.42. The molecule has 0 saturated heterocycles. The zero-order valence-corrected chi connectivity index (χ0v) is 13.9. The van der Waals surface area contributed by atoms with E-state index < -0.39 is 9.75 Å². The van der Waals surface area contributed by atoms with Gasteiger partial charge in [-0.1, -0.05) is 60.7 Å². The summed E-state index contributed by atoms with van der Waals surface area (Å²) in [5.74, 6) is -0.175. The van der Waals surface area contributed by atoms with Gasteiger partial charge < -0.3 is 0 Å². The number of carbonyl (C=O) groups excluding carboxylic acids is 1. The lowest BCUT2D eigenvalue weighted by atomic mass is 9.97. The molecule has 3 nitrogen and oxygen atoms in total. The molecule has 118 valence electrons. The van der Waals surface area contributed by atoms with Gasteiger partial charge in [0.05, 0.1) is 11.8 Å². The van der Waals surface area contributed by atoms with Crippen LogP contribution in [0.2, 0.25) is 0 Å². The monoisotopic (exact) mass is 346 g/mol. The number of alkyl halides is 2. The first-order chi connectivity index (χ1) is 11.0. The maximum Gasteiger partial charge on any atom is 0.244 e. The van der Waals surface area contributed by atoms with Gasteiger partial charge >= 0.3 is 0 Å². The van der Waals surface area contributed by atoms with Crippen LogP contribution in [0.4, 0.5) is 0 Å². The van der Waals surface area contributed by atoms with Crippen LogP contribution >= 0.6 is 23.2 Å². The Morgan fingerprint density at radius 1 is 1.09 bits per heavy atom. The van der Waals surface area contributed by atoms with Gasteiger partial charge in [0.15, 0.2) is 0 Å². The molecule has 0 radical (unpaired) electrons. The highest BCUT2D eigenvalue weighted by Crippen LogP contribution is 2.63. The molecule has 3 rings (SSSR count). The van der Waals surface area contributed by atoms with Gasteiger partial charge in [-0.2, -0.15) is 5.10 Å². The summed E-state index contributed by atoms with van der Waals surface area (Å²) in [6.45, 7) is 0. The van der Waals surface area contributed by atoms with Crippen molar-refractivity contribution in [1.82, 2.24) is 5.43 Å².